The number of nitrogens with one attached hydrogen (secondary N) is 1. The third-order valence-corrected chi connectivity index (χ3v) is 3.66. The van der Waals surface area contributed by atoms with Crippen molar-refractivity contribution in [2.24, 2.45) is 0 Å². The number of halogens is 1. The van der Waals surface area contributed by atoms with Gasteiger partial charge in [0.15, 0.2) is 0 Å². The molecule has 0 heterocycles. The Hall–Kier alpha value is -2.00. The van der Waals surface area contributed by atoms with Crippen LogP contribution >= 0.6 is 11.6 Å². The summed E-state index contributed by atoms with van der Waals surface area (Å²) in [6.07, 6.45) is 3.35. The molecule has 0 unspecified atom stereocenters. The lowest BCUT2D eigenvalue weighted by molar-refractivity contribution is -0.116. The molecule has 0 aromatic heterocycles. The number of ether oxygens (including phenoxy) is 1. The first-order valence-corrected chi connectivity index (χ1v) is 7.73. The van der Waals surface area contributed by atoms with Crippen molar-refractivity contribution in [3.8, 4) is 5.75 Å². The number of unbranched alkanes of at least 4 members (excludes halogenated alkanes) is 1. The van der Waals surface area contributed by atoms with E-state index >= 15 is 0 Å². The molecule has 0 saturated heterocycles. The van der Waals surface area contributed by atoms with Crippen LogP contribution in [0.3, 0.4) is 0 Å². The Kier molecular flexibility index (Phi) is 6.28. The second kappa shape index (κ2) is 8.44. The normalized spacial score (nSPS) is 10.3. The Morgan fingerprint density at radius 1 is 1.05 bits per heavy atom. The molecule has 1 N–H and O–H groups in total. The summed E-state index contributed by atoms with van der Waals surface area (Å²) in [5, 5.41) is 3.53. The maximum atomic E-state index is 11.8. The summed E-state index contributed by atoms with van der Waals surface area (Å²) in [4.78, 5) is 11.8. The first kappa shape index (κ1) is 16.4. The molecule has 0 bridgehead atoms. The number of anilines is 1. The molecular formula is C18H20ClNO2. The van der Waals surface area contributed by atoms with Gasteiger partial charge in [0.2, 0.25) is 5.91 Å². The minimum Gasteiger partial charge on any atom is -0.497 e. The fraction of sp³-hybridized carbons (Fsp3) is 0.278. The van der Waals surface area contributed by atoms with Gasteiger partial charge in [0.25, 0.3) is 0 Å². The Bertz CT molecular complexity index is 593. The molecule has 0 aliphatic heterocycles. The van der Waals surface area contributed by atoms with E-state index in [9.17, 15) is 4.79 Å². The van der Waals surface area contributed by atoms with Crippen LogP contribution in [-0.4, -0.2) is 13.0 Å². The summed E-state index contributed by atoms with van der Waals surface area (Å²) in [6, 6.07) is 15.2. The average Bonchev–Trinajstić information content (AvgIpc) is 2.54. The van der Waals surface area contributed by atoms with E-state index in [0.29, 0.717) is 11.4 Å². The van der Waals surface area contributed by atoms with Crippen LogP contribution in [0.5, 0.6) is 5.75 Å². The van der Waals surface area contributed by atoms with Crippen molar-refractivity contribution in [2.75, 3.05) is 12.4 Å². The van der Waals surface area contributed by atoms with Crippen LogP contribution in [0.15, 0.2) is 48.5 Å². The summed E-state index contributed by atoms with van der Waals surface area (Å²) in [5.41, 5.74) is 2.04. The van der Waals surface area contributed by atoms with Crippen molar-refractivity contribution >= 4 is 23.2 Å². The molecule has 0 radical (unpaired) electrons. The second-order valence-corrected chi connectivity index (χ2v) is 5.55. The molecule has 0 aliphatic rings. The molecule has 0 atom stereocenters. The summed E-state index contributed by atoms with van der Waals surface area (Å²) in [6.45, 7) is 0. The van der Waals surface area contributed by atoms with Gasteiger partial charge in [0.1, 0.15) is 5.75 Å². The third kappa shape index (κ3) is 5.41. The molecule has 3 nitrogen and oxygen atoms in total. The van der Waals surface area contributed by atoms with Crippen LogP contribution in [0.2, 0.25) is 5.02 Å². The molecule has 0 fully saturated rings. The van der Waals surface area contributed by atoms with E-state index < -0.39 is 0 Å². The Morgan fingerprint density at radius 3 is 2.36 bits per heavy atom. The summed E-state index contributed by atoms with van der Waals surface area (Å²) in [7, 11) is 1.66. The van der Waals surface area contributed by atoms with Gasteiger partial charge in [-0.3, -0.25) is 4.79 Å². The van der Waals surface area contributed by atoms with Crippen molar-refractivity contribution < 1.29 is 9.53 Å². The van der Waals surface area contributed by atoms with Gasteiger partial charge in [-0.1, -0.05) is 23.7 Å². The minimum atomic E-state index is 0.0389. The van der Waals surface area contributed by atoms with Crippen LogP contribution in [0.1, 0.15) is 24.8 Å². The van der Waals surface area contributed by atoms with E-state index in [1.165, 1.54) is 5.56 Å². The molecule has 1 amide bonds. The Balaban J connectivity index is 1.67. The number of rotatable bonds is 7. The van der Waals surface area contributed by atoms with E-state index in [2.05, 4.69) is 17.4 Å². The fourth-order valence-corrected chi connectivity index (χ4v) is 2.29. The number of carbonyl (C=O) groups excluding carboxylic acids is 1. The zero-order valence-corrected chi connectivity index (χ0v) is 13.4. The number of aryl methyl sites for hydroxylation is 1. The summed E-state index contributed by atoms with van der Waals surface area (Å²) >= 11 is 5.81. The predicted octanol–water partition coefficient (Wildman–Crippen LogP) is 4.70. The zero-order chi connectivity index (χ0) is 15.8. The summed E-state index contributed by atoms with van der Waals surface area (Å²) in [5.74, 6) is 0.906. The van der Waals surface area contributed by atoms with Crippen LogP contribution < -0.4 is 10.1 Å². The second-order valence-electron chi connectivity index (χ2n) is 5.11. The highest BCUT2D eigenvalue weighted by atomic mass is 35.5. The molecule has 2 rings (SSSR count). The van der Waals surface area contributed by atoms with Crippen molar-refractivity contribution in [3.05, 3.63) is 59.1 Å². The number of hydrogen-bond acceptors (Lipinski definition) is 2. The molecule has 2 aromatic rings. The number of carbonyl (C=O) groups is 1. The molecule has 2 aromatic carbocycles. The van der Waals surface area contributed by atoms with Crippen LogP contribution in [0.4, 0.5) is 5.69 Å². The van der Waals surface area contributed by atoms with Crippen molar-refractivity contribution in [1.82, 2.24) is 0 Å². The van der Waals surface area contributed by atoms with Crippen molar-refractivity contribution in [3.63, 3.8) is 0 Å². The molecule has 4 heteroatoms. The Morgan fingerprint density at radius 2 is 1.73 bits per heavy atom. The largest absolute Gasteiger partial charge is 0.497 e. The third-order valence-electron chi connectivity index (χ3n) is 3.41. The number of methoxy groups -OCH3 is 1. The lowest BCUT2D eigenvalue weighted by Gasteiger charge is -2.06. The molecule has 0 spiro atoms. The maximum Gasteiger partial charge on any atom is 0.224 e. The monoisotopic (exact) mass is 317 g/mol. The van der Waals surface area contributed by atoms with Gasteiger partial charge in [0.05, 0.1) is 7.11 Å². The maximum absolute atomic E-state index is 11.8. The van der Waals surface area contributed by atoms with Gasteiger partial charge in [-0.15, -0.1) is 0 Å². The highest BCUT2D eigenvalue weighted by Crippen LogP contribution is 2.15. The topological polar surface area (TPSA) is 38.3 Å². The smallest absolute Gasteiger partial charge is 0.224 e. The first-order chi connectivity index (χ1) is 10.7. The van der Waals surface area contributed by atoms with Gasteiger partial charge in [0, 0.05) is 17.1 Å². The minimum absolute atomic E-state index is 0.0389. The highest BCUT2D eigenvalue weighted by Gasteiger charge is 2.03. The number of hydrogen-bond donors (Lipinski definition) is 1. The van der Waals surface area contributed by atoms with Gasteiger partial charge < -0.3 is 10.1 Å². The predicted molar refractivity (Wildman–Crippen MR) is 90.6 cm³/mol. The van der Waals surface area contributed by atoms with E-state index in [0.717, 1.165) is 30.7 Å². The van der Waals surface area contributed by atoms with Gasteiger partial charge in [-0.05, 0) is 61.2 Å². The zero-order valence-electron chi connectivity index (χ0n) is 12.6. The van der Waals surface area contributed by atoms with Gasteiger partial charge >= 0.3 is 0 Å². The molecule has 0 aliphatic carbocycles. The van der Waals surface area contributed by atoms with E-state index in [1.54, 1.807) is 31.4 Å². The lowest BCUT2D eigenvalue weighted by Crippen LogP contribution is -2.11. The van der Waals surface area contributed by atoms with Crippen molar-refractivity contribution in [2.45, 2.75) is 25.7 Å². The molecule has 22 heavy (non-hydrogen) atoms. The van der Waals surface area contributed by atoms with Gasteiger partial charge in [-0.2, -0.15) is 0 Å². The first-order valence-electron chi connectivity index (χ1n) is 7.36. The van der Waals surface area contributed by atoms with Crippen LogP contribution in [-0.2, 0) is 11.2 Å². The van der Waals surface area contributed by atoms with Crippen molar-refractivity contribution in [1.29, 1.82) is 0 Å². The summed E-state index contributed by atoms with van der Waals surface area (Å²) < 4.78 is 5.13. The van der Waals surface area contributed by atoms with E-state index in [-0.39, 0.29) is 5.91 Å². The van der Waals surface area contributed by atoms with E-state index in [4.69, 9.17) is 16.3 Å². The molecule has 116 valence electrons. The number of benzene rings is 2. The fourth-order valence-electron chi connectivity index (χ4n) is 2.16. The number of amides is 1. The van der Waals surface area contributed by atoms with Crippen LogP contribution in [0.25, 0.3) is 0 Å². The quantitative estimate of drug-likeness (QED) is 0.752. The molecular weight excluding hydrogens is 298 g/mol. The highest BCUT2D eigenvalue weighted by molar-refractivity contribution is 6.30. The van der Waals surface area contributed by atoms with E-state index in [1.807, 2.05) is 12.1 Å². The average molecular weight is 318 g/mol. The molecule has 0 saturated carbocycles. The lowest BCUT2D eigenvalue weighted by atomic mass is 10.1. The Labute approximate surface area is 136 Å². The SMILES string of the molecule is COc1ccc(CCCCC(=O)Nc2ccc(Cl)cc2)cc1. The standard InChI is InChI=1S/C18H20ClNO2/c1-22-17-12-6-14(7-13-17)4-2-3-5-18(21)20-16-10-8-15(19)9-11-16/h6-13H,2-5H2,1H3,(H,20,21). The van der Waals surface area contributed by atoms with Gasteiger partial charge in [-0.25, -0.2) is 0 Å². The van der Waals surface area contributed by atoms with Crippen LogP contribution in [0, 0.1) is 0 Å².